The molecule has 0 bridgehead atoms. The summed E-state index contributed by atoms with van der Waals surface area (Å²) in [5, 5.41) is 11.7. The largest absolute Gasteiger partial charge is 1.00 e. The molecule has 1 unspecified atom stereocenters. The number of hydrogen-bond donors (Lipinski definition) is 2. The molecule has 0 aliphatic carbocycles. The monoisotopic (exact) mass is 325 g/mol. The molecule has 3 N–H and O–H groups in total. The summed E-state index contributed by atoms with van der Waals surface area (Å²) in [6.45, 7) is 3.71. The van der Waals surface area contributed by atoms with E-state index in [0.717, 1.165) is 6.54 Å². The van der Waals surface area contributed by atoms with Crippen molar-refractivity contribution in [3.05, 3.63) is 35.4 Å². The normalized spacial score (nSPS) is 20.8. The molecule has 0 radical (unpaired) electrons. The molecule has 1 aromatic rings. The fourth-order valence-electron chi connectivity index (χ4n) is 3.52. The van der Waals surface area contributed by atoms with Gasteiger partial charge in [-0.2, -0.15) is 0 Å². The highest BCUT2D eigenvalue weighted by molar-refractivity contribution is 5.26. The van der Waals surface area contributed by atoms with E-state index in [0.29, 0.717) is 18.6 Å². The van der Waals surface area contributed by atoms with E-state index in [1.807, 2.05) is 0 Å². The maximum absolute atomic E-state index is 9.43. The number of hydrogen-bond acceptors (Lipinski definition) is 1. The molecule has 0 amide bonds. The van der Waals surface area contributed by atoms with Crippen LogP contribution in [-0.2, 0) is 6.42 Å². The summed E-state index contributed by atoms with van der Waals surface area (Å²) >= 11 is 0. The average Bonchev–Trinajstić information content (AvgIpc) is 3.00. The molecule has 1 aliphatic rings. The van der Waals surface area contributed by atoms with Crippen molar-refractivity contribution >= 4 is 0 Å². The van der Waals surface area contributed by atoms with Crippen molar-refractivity contribution in [2.24, 2.45) is 0 Å². The van der Waals surface area contributed by atoms with Crippen LogP contribution in [0.5, 0.6) is 0 Å². The van der Waals surface area contributed by atoms with E-state index >= 15 is 0 Å². The van der Waals surface area contributed by atoms with Crippen molar-refractivity contribution in [1.29, 1.82) is 0 Å². The predicted octanol–water partition coefficient (Wildman–Crippen LogP) is 0.00520. The summed E-state index contributed by atoms with van der Waals surface area (Å²) in [5.41, 5.74) is 2.88. The second-order valence-corrected chi connectivity index (χ2v) is 6.53. The molecule has 0 aromatic heterocycles. The lowest BCUT2D eigenvalue weighted by Crippen LogP contribution is -3.00. The van der Waals surface area contributed by atoms with E-state index in [-0.39, 0.29) is 12.4 Å². The third-order valence-corrected chi connectivity index (χ3v) is 4.90. The molecule has 2 rings (SSSR count). The molecule has 2 nitrogen and oxygen atoms in total. The van der Waals surface area contributed by atoms with Crippen LogP contribution in [0.2, 0.25) is 0 Å². The molecular formula is C19H32ClNO. The van der Waals surface area contributed by atoms with Crippen LogP contribution < -0.4 is 17.7 Å². The third-order valence-electron chi connectivity index (χ3n) is 4.90. The first-order valence-corrected chi connectivity index (χ1v) is 8.88. The first-order valence-electron chi connectivity index (χ1n) is 8.88. The Morgan fingerprint density at radius 2 is 1.73 bits per heavy atom. The SMILES string of the molecule is CCCCCCCCc1ccc(C2CC[NH2+][C@@H]2CO)cc1.[Cl-]. The zero-order chi connectivity index (χ0) is 14.9. The van der Waals surface area contributed by atoms with Crippen LogP contribution in [0.25, 0.3) is 0 Å². The summed E-state index contributed by atoms with van der Waals surface area (Å²) in [4.78, 5) is 0. The van der Waals surface area contributed by atoms with Crippen LogP contribution in [0.3, 0.4) is 0 Å². The Bertz CT molecular complexity index is 393. The Balaban J connectivity index is 0.00000242. The Morgan fingerprint density at radius 1 is 1.05 bits per heavy atom. The number of nitrogens with two attached hydrogens (primary N) is 1. The quantitative estimate of drug-likeness (QED) is 0.616. The van der Waals surface area contributed by atoms with Crippen LogP contribution >= 0.6 is 0 Å². The van der Waals surface area contributed by atoms with Crippen LogP contribution in [0.4, 0.5) is 0 Å². The Morgan fingerprint density at radius 3 is 2.41 bits per heavy atom. The Labute approximate surface area is 142 Å². The van der Waals surface area contributed by atoms with Gasteiger partial charge in [0.2, 0.25) is 0 Å². The van der Waals surface area contributed by atoms with E-state index in [1.54, 1.807) is 0 Å². The Hall–Kier alpha value is -0.570. The van der Waals surface area contributed by atoms with E-state index < -0.39 is 0 Å². The highest BCUT2D eigenvalue weighted by Crippen LogP contribution is 2.24. The molecule has 2 atom stereocenters. The second-order valence-electron chi connectivity index (χ2n) is 6.53. The van der Waals surface area contributed by atoms with E-state index in [1.165, 1.54) is 62.5 Å². The molecule has 3 heteroatoms. The van der Waals surface area contributed by atoms with Crippen molar-refractivity contribution in [3.8, 4) is 0 Å². The number of aryl methyl sites for hydroxylation is 1. The number of benzene rings is 1. The van der Waals surface area contributed by atoms with Crippen molar-refractivity contribution in [2.45, 2.75) is 70.3 Å². The molecule has 1 fully saturated rings. The summed E-state index contributed by atoms with van der Waals surface area (Å²) in [5.74, 6) is 0.540. The second kappa shape index (κ2) is 11.0. The first kappa shape index (κ1) is 19.5. The smallest absolute Gasteiger partial charge is 0.116 e. The number of rotatable bonds is 9. The van der Waals surface area contributed by atoms with Gasteiger partial charge in [0.05, 0.1) is 13.2 Å². The highest BCUT2D eigenvalue weighted by atomic mass is 35.5. The maximum Gasteiger partial charge on any atom is 0.116 e. The summed E-state index contributed by atoms with van der Waals surface area (Å²) in [7, 11) is 0. The zero-order valence-corrected chi connectivity index (χ0v) is 14.7. The van der Waals surface area contributed by atoms with Crippen molar-refractivity contribution in [1.82, 2.24) is 0 Å². The van der Waals surface area contributed by atoms with Gasteiger partial charge in [-0.15, -0.1) is 0 Å². The van der Waals surface area contributed by atoms with Gasteiger partial charge in [0.15, 0.2) is 0 Å². The molecule has 0 saturated carbocycles. The van der Waals surface area contributed by atoms with Crippen LogP contribution in [-0.4, -0.2) is 24.3 Å². The zero-order valence-electron chi connectivity index (χ0n) is 13.9. The molecule has 1 heterocycles. The fourth-order valence-corrected chi connectivity index (χ4v) is 3.52. The lowest BCUT2D eigenvalue weighted by molar-refractivity contribution is -0.672. The van der Waals surface area contributed by atoms with Gasteiger partial charge in [0.1, 0.15) is 6.04 Å². The number of halogens is 1. The van der Waals surface area contributed by atoms with Crippen LogP contribution in [0.15, 0.2) is 24.3 Å². The minimum absolute atomic E-state index is 0. The molecule has 22 heavy (non-hydrogen) atoms. The molecule has 1 saturated heterocycles. The van der Waals surface area contributed by atoms with Crippen molar-refractivity contribution in [2.75, 3.05) is 13.2 Å². The summed E-state index contributed by atoms with van der Waals surface area (Å²) < 4.78 is 0. The van der Waals surface area contributed by atoms with E-state index in [2.05, 4.69) is 36.5 Å². The number of aliphatic hydroxyl groups is 1. The molecule has 1 aromatic carbocycles. The van der Waals surface area contributed by atoms with Gasteiger partial charge in [-0.05, 0) is 24.0 Å². The van der Waals surface area contributed by atoms with Gasteiger partial charge >= 0.3 is 0 Å². The van der Waals surface area contributed by atoms with Crippen molar-refractivity contribution < 1.29 is 22.8 Å². The van der Waals surface area contributed by atoms with Gasteiger partial charge in [0.25, 0.3) is 0 Å². The Kier molecular flexibility index (Phi) is 9.77. The number of aliphatic hydroxyl groups excluding tert-OH is 1. The van der Waals surface area contributed by atoms with Gasteiger partial charge in [0, 0.05) is 12.3 Å². The maximum atomic E-state index is 9.43. The average molecular weight is 326 g/mol. The van der Waals surface area contributed by atoms with Gasteiger partial charge in [-0.3, -0.25) is 0 Å². The standard InChI is InChI=1S/C19H31NO.ClH/c1-2-3-4-5-6-7-8-16-9-11-17(12-10-16)18-13-14-20-19(18)15-21;/h9-12,18-21H,2-8,13-15H2,1H3;1H/t18?,19-;/m1./s1. The third kappa shape index (κ3) is 5.91. The van der Waals surface area contributed by atoms with Crippen LogP contribution in [0.1, 0.15) is 68.9 Å². The number of unbranched alkanes of at least 4 members (excludes halogenated alkanes) is 5. The highest BCUT2D eigenvalue weighted by Gasteiger charge is 2.31. The number of quaternary nitrogens is 1. The van der Waals surface area contributed by atoms with Gasteiger partial charge < -0.3 is 22.8 Å². The van der Waals surface area contributed by atoms with E-state index in [4.69, 9.17) is 0 Å². The topological polar surface area (TPSA) is 36.8 Å². The summed E-state index contributed by atoms with van der Waals surface area (Å²) in [6, 6.07) is 9.55. The van der Waals surface area contributed by atoms with Gasteiger partial charge in [-0.1, -0.05) is 63.3 Å². The molecule has 126 valence electrons. The first-order chi connectivity index (χ1) is 10.3. The van der Waals surface area contributed by atoms with Crippen LogP contribution in [0, 0.1) is 0 Å². The fraction of sp³-hybridized carbons (Fsp3) is 0.684. The van der Waals surface area contributed by atoms with E-state index in [9.17, 15) is 5.11 Å². The lowest BCUT2D eigenvalue weighted by atomic mass is 9.91. The predicted molar refractivity (Wildman–Crippen MR) is 88.5 cm³/mol. The molecule has 0 spiro atoms. The van der Waals surface area contributed by atoms with Gasteiger partial charge in [-0.25, -0.2) is 0 Å². The minimum atomic E-state index is 0. The minimum Gasteiger partial charge on any atom is -1.00 e. The molecular weight excluding hydrogens is 294 g/mol. The molecule has 1 aliphatic heterocycles. The lowest BCUT2D eigenvalue weighted by Gasteiger charge is -2.14. The van der Waals surface area contributed by atoms with Crippen molar-refractivity contribution in [3.63, 3.8) is 0 Å². The summed E-state index contributed by atoms with van der Waals surface area (Å²) in [6.07, 6.45) is 10.6.